The summed E-state index contributed by atoms with van der Waals surface area (Å²) in [6.45, 7) is 3.89. The van der Waals surface area contributed by atoms with E-state index in [0.29, 0.717) is 6.42 Å². The molecule has 0 aromatic heterocycles. The number of rotatable bonds is 5. The van der Waals surface area contributed by atoms with E-state index in [0.717, 1.165) is 22.3 Å². The quantitative estimate of drug-likeness (QED) is 0.455. The molecular formula is C29H28O2. The normalized spacial score (nSPS) is 24.1. The van der Waals surface area contributed by atoms with Gasteiger partial charge in [0.2, 0.25) is 0 Å². The van der Waals surface area contributed by atoms with Crippen molar-refractivity contribution < 1.29 is 9.59 Å². The SMILES string of the molecule is C/C(=C/c1ccccc1)C(=O)[C@H]1[C@@H](c2ccccc2)[C@@H](C)C(=O)C[C@H]1c1ccccc1. The van der Waals surface area contributed by atoms with Crippen molar-refractivity contribution in [1.82, 2.24) is 0 Å². The Morgan fingerprint density at radius 2 is 1.32 bits per heavy atom. The third-order valence-corrected chi connectivity index (χ3v) is 6.57. The van der Waals surface area contributed by atoms with Crippen LogP contribution in [0.1, 0.15) is 48.8 Å². The molecule has 0 amide bonds. The predicted octanol–water partition coefficient (Wildman–Crippen LogP) is 6.45. The van der Waals surface area contributed by atoms with Gasteiger partial charge in [0, 0.05) is 30.1 Å². The molecule has 1 fully saturated rings. The number of carbonyl (C=O) groups excluding carboxylic acids is 2. The molecule has 1 saturated carbocycles. The van der Waals surface area contributed by atoms with Crippen molar-refractivity contribution >= 4 is 17.6 Å². The maximum atomic E-state index is 13.9. The first-order valence-electron chi connectivity index (χ1n) is 11.0. The van der Waals surface area contributed by atoms with Crippen LogP contribution in [0.15, 0.2) is 96.6 Å². The van der Waals surface area contributed by atoms with Gasteiger partial charge >= 0.3 is 0 Å². The Morgan fingerprint density at radius 1 is 0.806 bits per heavy atom. The summed E-state index contributed by atoms with van der Waals surface area (Å²) < 4.78 is 0. The van der Waals surface area contributed by atoms with Gasteiger partial charge in [-0.05, 0) is 35.3 Å². The average Bonchev–Trinajstić information content (AvgIpc) is 2.81. The number of carbonyl (C=O) groups is 2. The second kappa shape index (κ2) is 9.26. The molecule has 0 bridgehead atoms. The monoisotopic (exact) mass is 408 g/mol. The summed E-state index contributed by atoms with van der Waals surface area (Å²) in [6.07, 6.45) is 2.37. The topological polar surface area (TPSA) is 34.1 Å². The second-order valence-corrected chi connectivity index (χ2v) is 8.54. The molecule has 1 aliphatic carbocycles. The smallest absolute Gasteiger partial charge is 0.162 e. The van der Waals surface area contributed by atoms with Gasteiger partial charge in [-0.3, -0.25) is 9.59 Å². The third kappa shape index (κ3) is 4.44. The number of hydrogen-bond donors (Lipinski definition) is 0. The van der Waals surface area contributed by atoms with Crippen LogP contribution < -0.4 is 0 Å². The first-order chi connectivity index (χ1) is 15.1. The molecule has 2 heteroatoms. The lowest BCUT2D eigenvalue weighted by molar-refractivity contribution is -0.130. The first-order valence-corrected chi connectivity index (χ1v) is 11.0. The van der Waals surface area contributed by atoms with Crippen molar-refractivity contribution in [1.29, 1.82) is 0 Å². The van der Waals surface area contributed by atoms with Crippen LogP contribution in [0.5, 0.6) is 0 Å². The number of Topliss-reactive ketones (excluding diaryl/α,β-unsaturated/α-hetero) is 2. The Balaban J connectivity index is 1.81. The van der Waals surface area contributed by atoms with Crippen molar-refractivity contribution in [3.63, 3.8) is 0 Å². The highest BCUT2D eigenvalue weighted by Gasteiger charge is 2.46. The van der Waals surface area contributed by atoms with Crippen molar-refractivity contribution in [2.45, 2.75) is 32.1 Å². The molecule has 0 spiro atoms. The van der Waals surface area contributed by atoms with Gasteiger partial charge in [0.15, 0.2) is 5.78 Å². The highest BCUT2D eigenvalue weighted by atomic mass is 16.1. The molecule has 0 aliphatic heterocycles. The van der Waals surface area contributed by atoms with E-state index in [1.807, 2.05) is 98.8 Å². The second-order valence-electron chi connectivity index (χ2n) is 8.54. The largest absolute Gasteiger partial charge is 0.299 e. The van der Waals surface area contributed by atoms with Crippen molar-refractivity contribution in [2.24, 2.45) is 11.8 Å². The molecule has 0 unspecified atom stereocenters. The Hall–Kier alpha value is -3.26. The highest BCUT2D eigenvalue weighted by Crippen LogP contribution is 2.48. The summed E-state index contributed by atoms with van der Waals surface area (Å²) in [5.74, 6) is -0.373. The van der Waals surface area contributed by atoms with E-state index in [2.05, 4.69) is 12.1 Å². The molecule has 0 N–H and O–H groups in total. The summed E-state index contributed by atoms with van der Waals surface area (Å²) in [6, 6.07) is 30.1. The van der Waals surface area contributed by atoms with Gasteiger partial charge in [0.05, 0.1) is 0 Å². The van der Waals surface area contributed by atoms with E-state index in [1.54, 1.807) is 0 Å². The predicted molar refractivity (Wildman–Crippen MR) is 126 cm³/mol. The fourth-order valence-electron chi connectivity index (χ4n) is 4.97. The Labute approximate surface area is 184 Å². The van der Waals surface area contributed by atoms with Gasteiger partial charge in [-0.15, -0.1) is 0 Å². The summed E-state index contributed by atoms with van der Waals surface area (Å²) in [5, 5.41) is 0. The highest BCUT2D eigenvalue weighted by molar-refractivity contribution is 6.03. The zero-order chi connectivity index (χ0) is 21.8. The summed E-state index contributed by atoms with van der Waals surface area (Å²) in [7, 11) is 0. The maximum absolute atomic E-state index is 13.9. The molecular weight excluding hydrogens is 380 g/mol. The fourth-order valence-corrected chi connectivity index (χ4v) is 4.97. The Bertz CT molecular complexity index is 1070. The first kappa shape index (κ1) is 21.0. The molecule has 156 valence electrons. The van der Waals surface area contributed by atoms with Gasteiger partial charge in [-0.2, -0.15) is 0 Å². The van der Waals surface area contributed by atoms with E-state index in [4.69, 9.17) is 0 Å². The molecule has 0 radical (unpaired) electrons. The number of allylic oxidation sites excluding steroid dienone is 1. The van der Waals surface area contributed by atoms with Gasteiger partial charge in [-0.1, -0.05) is 97.9 Å². The minimum absolute atomic E-state index is 0.123. The molecule has 3 aromatic carbocycles. The van der Waals surface area contributed by atoms with Gasteiger partial charge < -0.3 is 0 Å². The van der Waals surface area contributed by atoms with Crippen molar-refractivity contribution in [3.8, 4) is 0 Å². The Morgan fingerprint density at radius 3 is 1.90 bits per heavy atom. The van der Waals surface area contributed by atoms with Crippen LogP contribution in [0, 0.1) is 11.8 Å². The number of benzene rings is 3. The third-order valence-electron chi connectivity index (χ3n) is 6.57. The summed E-state index contributed by atoms with van der Waals surface area (Å²) in [4.78, 5) is 27.0. The maximum Gasteiger partial charge on any atom is 0.162 e. The van der Waals surface area contributed by atoms with Crippen LogP contribution in [-0.2, 0) is 9.59 Å². The molecule has 4 rings (SSSR count). The van der Waals surface area contributed by atoms with Crippen LogP contribution in [-0.4, -0.2) is 11.6 Å². The van der Waals surface area contributed by atoms with Crippen molar-refractivity contribution in [2.75, 3.05) is 0 Å². The molecule has 31 heavy (non-hydrogen) atoms. The lowest BCUT2D eigenvalue weighted by Gasteiger charge is -2.41. The van der Waals surface area contributed by atoms with Gasteiger partial charge in [0.1, 0.15) is 5.78 Å². The summed E-state index contributed by atoms with van der Waals surface area (Å²) in [5.41, 5.74) is 3.88. The van der Waals surface area contributed by atoms with Crippen LogP contribution in [0.3, 0.4) is 0 Å². The van der Waals surface area contributed by atoms with E-state index < -0.39 is 0 Å². The number of hydrogen-bond acceptors (Lipinski definition) is 2. The van der Waals surface area contributed by atoms with Crippen LogP contribution in [0.4, 0.5) is 0 Å². The lowest BCUT2D eigenvalue weighted by atomic mass is 9.60. The van der Waals surface area contributed by atoms with E-state index in [9.17, 15) is 9.59 Å². The summed E-state index contributed by atoms with van der Waals surface area (Å²) >= 11 is 0. The molecule has 0 saturated heterocycles. The van der Waals surface area contributed by atoms with Gasteiger partial charge in [-0.25, -0.2) is 0 Å². The van der Waals surface area contributed by atoms with Crippen molar-refractivity contribution in [3.05, 3.63) is 113 Å². The standard InChI is InChI=1S/C29H28O2/c1-20(18-22-12-6-3-7-13-22)29(31)28-25(23-14-8-4-9-15-23)19-26(30)21(2)27(28)24-16-10-5-11-17-24/h3-18,21,25,27-28H,19H2,1-2H3/b20-18-/t21-,25-,27+,28+/m0/s1. The van der Waals surface area contributed by atoms with Crippen LogP contribution in [0.2, 0.25) is 0 Å². The van der Waals surface area contributed by atoms with Crippen LogP contribution >= 0.6 is 0 Å². The molecule has 0 heterocycles. The molecule has 2 nitrogen and oxygen atoms in total. The average molecular weight is 409 g/mol. The minimum atomic E-state index is -0.280. The van der Waals surface area contributed by atoms with Crippen LogP contribution in [0.25, 0.3) is 6.08 Å². The minimum Gasteiger partial charge on any atom is -0.299 e. The van der Waals surface area contributed by atoms with E-state index >= 15 is 0 Å². The van der Waals surface area contributed by atoms with E-state index in [1.165, 1.54) is 0 Å². The molecule has 4 atom stereocenters. The number of ketones is 2. The fraction of sp³-hybridized carbons (Fsp3) is 0.241. The lowest BCUT2D eigenvalue weighted by Crippen LogP contribution is -2.41. The molecule has 1 aliphatic rings. The molecule has 3 aromatic rings. The van der Waals surface area contributed by atoms with E-state index in [-0.39, 0.29) is 35.2 Å². The van der Waals surface area contributed by atoms with Gasteiger partial charge in [0.25, 0.3) is 0 Å². The Kier molecular flexibility index (Phi) is 6.27. The zero-order valence-corrected chi connectivity index (χ0v) is 18.1. The zero-order valence-electron chi connectivity index (χ0n) is 18.1.